The highest BCUT2D eigenvalue weighted by Crippen LogP contribution is 2.33. The Morgan fingerprint density at radius 1 is 0.920 bits per heavy atom. The van der Waals surface area contributed by atoms with Crippen molar-refractivity contribution in [2.75, 3.05) is 20.3 Å². The molecule has 0 unspecified atom stereocenters. The van der Waals surface area contributed by atoms with Gasteiger partial charge in [0, 0.05) is 6.92 Å². The number of rotatable bonds is 6. The first kappa shape index (κ1) is 18.5. The zero-order chi connectivity index (χ0) is 18.4. The molecule has 0 aromatic heterocycles. The van der Waals surface area contributed by atoms with Crippen LogP contribution in [0.3, 0.4) is 0 Å². The smallest absolute Gasteiger partial charge is 0.338 e. The van der Waals surface area contributed by atoms with Gasteiger partial charge in [0.25, 0.3) is 0 Å². The number of benzene rings is 2. The second kappa shape index (κ2) is 8.33. The maximum atomic E-state index is 11.9. The summed E-state index contributed by atoms with van der Waals surface area (Å²) in [5.41, 5.74) is 4.28. The third kappa shape index (κ3) is 4.38. The first-order valence-electron chi connectivity index (χ1n) is 7.99. The van der Waals surface area contributed by atoms with E-state index in [1.165, 1.54) is 14.0 Å². The highest BCUT2D eigenvalue weighted by Gasteiger charge is 2.15. The molecule has 0 fully saturated rings. The van der Waals surface area contributed by atoms with Crippen molar-refractivity contribution < 1.29 is 23.8 Å². The Morgan fingerprint density at radius 3 is 2.20 bits per heavy atom. The van der Waals surface area contributed by atoms with Crippen molar-refractivity contribution in [2.24, 2.45) is 0 Å². The van der Waals surface area contributed by atoms with Crippen LogP contribution in [0.1, 0.15) is 28.4 Å². The quantitative estimate of drug-likeness (QED) is 0.592. The monoisotopic (exact) mass is 342 g/mol. The molecule has 25 heavy (non-hydrogen) atoms. The number of hydrogen-bond acceptors (Lipinski definition) is 5. The van der Waals surface area contributed by atoms with Gasteiger partial charge < -0.3 is 14.2 Å². The number of esters is 2. The van der Waals surface area contributed by atoms with Crippen LogP contribution in [0.2, 0.25) is 0 Å². The molecule has 132 valence electrons. The average molecular weight is 342 g/mol. The molecule has 0 spiro atoms. The van der Waals surface area contributed by atoms with E-state index in [-0.39, 0.29) is 25.2 Å². The van der Waals surface area contributed by atoms with Crippen LogP contribution in [0.5, 0.6) is 5.75 Å². The van der Waals surface area contributed by atoms with Crippen molar-refractivity contribution in [1.82, 2.24) is 0 Å². The summed E-state index contributed by atoms with van der Waals surface area (Å²) in [5.74, 6) is 0.0302. The highest BCUT2D eigenvalue weighted by molar-refractivity contribution is 5.93. The first-order chi connectivity index (χ1) is 12.0. The van der Waals surface area contributed by atoms with E-state index in [0.29, 0.717) is 11.3 Å². The van der Waals surface area contributed by atoms with Gasteiger partial charge in [0.15, 0.2) is 0 Å². The molecule has 0 radical (unpaired) electrons. The molecular weight excluding hydrogens is 320 g/mol. The largest absolute Gasteiger partial charge is 0.490 e. The molecule has 0 aliphatic rings. The third-order valence-electron chi connectivity index (χ3n) is 3.96. The van der Waals surface area contributed by atoms with Crippen LogP contribution >= 0.6 is 0 Å². The van der Waals surface area contributed by atoms with Crippen molar-refractivity contribution in [3.8, 4) is 16.9 Å². The van der Waals surface area contributed by atoms with Gasteiger partial charge in [0.05, 0.1) is 12.7 Å². The SMILES string of the molecule is COC(=O)c1cccc(-c2cccc(OCCOC(C)=O)c2C)c1C. The molecule has 0 aliphatic heterocycles. The van der Waals surface area contributed by atoms with Gasteiger partial charge in [-0.1, -0.05) is 24.3 Å². The maximum Gasteiger partial charge on any atom is 0.338 e. The van der Waals surface area contributed by atoms with Crippen LogP contribution in [0.25, 0.3) is 11.1 Å². The predicted molar refractivity (Wildman–Crippen MR) is 94.8 cm³/mol. The second-order valence-corrected chi connectivity index (χ2v) is 5.59. The van der Waals surface area contributed by atoms with Gasteiger partial charge in [0.2, 0.25) is 0 Å². The summed E-state index contributed by atoms with van der Waals surface area (Å²) < 4.78 is 15.4. The summed E-state index contributed by atoms with van der Waals surface area (Å²) in [7, 11) is 1.37. The molecule has 0 aliphatic carbocycles. The average Bonchev–Trinajstić information content (AvgIpc) is 2.59. The Kier molecular flexibility index (Phi) is 6.17. The van der Waals surface area contributed by atoms with Crippen LogP contribution in [-0.4, -0.2) is 32.3 Å². The zero-order valence-corrected chi connectivity index (χ0v) is 14.9. The van der Waals surface area contributed by atoms with Crippen LogP contribution < -0.4 is 4.74 Å². The van der Waals surface area contributed by atoms with E-state index >= 15 is 0 Å². The molecule has 0 amide bonds. The molecule has 2 rings (SSSR count). The minimum Gasteiger partial charge on any atom is -0.490 e. The first-order valence-corrected chi connectivity index (χ1v) is 7.99. The molecule has 0 N–H and O–H groups in total. The molecule has 0 heterocycles. The Bertz CT molecular complexity index is 780. The van der Waals surface area contributed by atoms with Gasteiger partial charge in [-0.3, -0.25) is 4.79 Å². The van der Waals surface area contributed by atoms with Crippen molar-refractivity contribution in [3.63, 3.8) is 0 Å². The number of carbonyl (C=O) groups is 2. The lowest BCUT2D eigenvalue weighted by molar-refractivity contribution is -0.141. The Balaban J connectivity index is 2.30. The molecule has 0 bridgehead atoms. The topological polar surface area (TPSA) is 61.8 Å². The number of hydrogen-bond donors (Lipinski definition) is 0. The fourth-order valence-corrected chi connectivity index (χ4v) is 2.66. The molecular formula is C20H22O5. The van der Waals surface area contributed by atoms with E-state index in [4.69, 9.17) is 14.2 Å². The highest BCUT2D eigenvalue weighted by atomic mass is 16.6. The fraction of sp³-hybridized carbons (Fsp3) is 0.300. The summed E-state index contributed by atoms with van der Waals surface area (Å²) >= 11 is 0. The summed E-state index contributed by atoms with van der Waals surface area (Å²) in [5, 5.41) is 0. The minimum absolute atomic E-state index is 0.204. The van der Waals surface area contributed by atoms with Crippen molar-refractivity contribution in [2.45, 2.75) is 20.8 Å². The van der Waals surface area contributed by atoms with Gasteiger partial charge in [0.1, 0.15) is 19.0 Å². The summed E-state index contributed by atoms with van der Waals surface area (Å²) in [4.78, 5) is 22.7. The standard InChI is InChI=1S/C20H22O5/c1-13-16(7-5-9-18(13)20(22)23-4)17-8-6-10-19(14(17)2)25-12-11-24-15(3)21/h5-10H,11-12H2,1-4H3. The van der Waals surface area contributed by atoms with Crippen LogP contribution in [0, 0.1) is 13.8 Å². The van der Waals surface area contributed by atoms with Gasteiger partial charge in [-0.15, -0.1) is 0 Å². The summed E-state index contributed by atoms with van der Waals surface area (Å²) in [6, 6.07) is 11.3. The van der Waals surface area contributed by atoms with Gasteiger partial charge in [-0.05, 0) is 48.2 Å². The van der Waals surface area contributed by atoms with Gasteiger partial charge >= 0.3 is 11.9 Å². The minimum atomic E-state index is -0.356. The molecule has 5 heteroatoms. The lowest BCUT2D eigenvalue weighted by atomic mass is 9.93. The lowest BCUT2D eigenvalue weighted by Crippen LogP contribution is -2.10. The summed E-state index contributed by atoms with van der Waals surface area (Å²) in [6.07, 6.45) is 0. The van der Waals surface area contributed by atoms with E-state index in [0.717, 1.165) is 22.3 Å². The van der Waals surface area contributed by atoms with Gasteiger partial charge in [-0.2, -0.15) is 0 Å². The van der Waals surface area contributed by atoms with E-state index in [9.17, 15) is 9.59 Å². The van der Waals surface area contributed by atoms with Gasteiger partial charge in [-0.25, -0.2) is 4.79 Å². The van der Waals surface area contributed by atoms with Crippen LogP contribution in [-0.2, 0) is 14.3 Å². The Morgan fingerprint density at radius 2 is 1.56 bits per heavy atom. The van der Waals surface area contributed by atoms with Crippen molar-refractivity contribution in [3.05, 3.63) is 53.1 Å². The Hall–Kier alpha value is -2.82. The van der Waals surface area contributed by atoms with E-state index < -0.39 is 0 Å². The third-order valence-corrected chi connectivity index (χ3v) is 3.96. The fourth-order valence-electron chi connectivity index (χ4n) is 2.66. The van der Waals surface area contributed by atoms with E-state index in [1.807, 2.05) is 44.2 Å². The molecule has 2 aromatic rings. The molecule has 0 atom stereocenters. The summed E-state index contributed by atoms with van der Waals surface area (Å²) in [6.45, 7) is 5.71. The molecule has 0 saturated carbocycles. The number of carbonyl (C=O) groups excluding carboxylic acids is 2. The Labute approximate surface area is 147 Å². The van der Waals surface area contributed by atoms with E-state index in [2.05, 4.69) is 0 Å². The van der Waals surface area contributed by atoms with Crippen molar-refractivity contribution in [1.29, 1.82) is 0 Å². The van der Waals surface area contributed by atoms with Crippen LogP contribution in [0.4, 0.5) is 0 Å². The zero-order valence-electron chi connectivity index (χ0n) is 14.9. The molecule has 2 aromatic carbocycles. The lowest BCUT2D eigenvalue weighted by Gasteiger charge is -2.15. The van der Waals surface area contributed by atoms with Crippen LogP contribution in [0.15, 0.2) is 36.4 Å². The maximum absolute atomic E-state index is 11.9. The van der Waals surface area contributed by atoms with Crippen molar-refractivity contribution >= 4 is 11.9 Å². The molecule has 5 nitrogen and oxygen atoms in total. The predicted octanol–water partition coefficient (Wildman–Crippen LogP) is 3.70. The normalized spacial score (nSPS) is 10.2. The number of ether oxygens (including phenoxy) is 3. The second-order valence-electron chi connectivity index (χ2n) is 5.59. The number of methoxy groups -OCH3 is 1. The molecule has 0 saturated heterocycles. The van der Waals surface area contributed by atoms with E-state index in [1.54, 1.807) is 6.07 Å².